The largest absolute Gasteiger partial charge is 0.0648 e. The van der Waals surface area contributed by atoms with Crippen molar-refractivity contribution in [3.05, 3.63) is 64.7 Å². The minimum absolute atomic E-state index is 0.153. The molecular weight excluding hydrogens is 324 g/mol. The van der Waals surface area contributed by atoms with Crippen molar-refractivity contribution in [1.29, 1.82) is 0 Å². The Labute approximate surface area is 165 Å². The van der Waals surface area contributed by atoms with Crippen molar-refractivity contribution in [2.24, 2.45) is 5.41 Å². The summed E-state index contributed by atoms with van der Waals surface area (Å²) in [5, 5.41) is 0. The zero-order valence-electron chi connectivity index (χ0n) is 17.6. The summed E-state index contributed by atoms with van der Waals surface area (Å²) in [5.74, 6) is 0. The zero-order chi connectivity index (χ0) is 19.1. The number of allylic oxidation sites excluding steroid dienone is 1. The van der Waals surface area contributed by atoms with Crippen molar-refractivity contribution in [2.45, 2.75) is 78.1 Å². The number of benzene rings is 2. The predicted octanol–water partition coefficient (Wildman–Crippen LogP) is 7.95. The Balaban J connectivity index is 1.73. The summed E-state index contributed by atoms with van der Waals surface area (Å²) >= 11 is 0. The van der Waals surface area contributed by atoms with Crippen LogP contribution in [0.5, 0.6) is 0 Å². The molecule has 1 fully saturated rings. The van der Waals surface area contributed by atoms with Gasteiger partial charge in [0, 0.05) is 0 Å². The normalized spacial score (nSPS) is 18.4. The van der Waals surface area contributed by atoms with Crippen molar-refractivity contribution in [3.63, 3.8) is 0 Å². The highest BCUT2D eigenvalue weighted by Gasteiger charge is 2.34. The molecule has 0 spiro atoms. The summed E-state index contributed by atoms with van der Waals surface area (Å²) in [6, 6.07) is 15.9. The molecule has 0 aromatic heterocycles. The lowest BCUT2D eigenvalue weighted by Gasteiger charge is -2.28. The minimum atomic E-state index is 0.153. The third-order valence-corrected chi connectivity index (χ3v) is 7.00. The molecule has 2 aliphatic carbocycles. The quantitative estimate of drug-likeness (QED) is 0.520. The molecule has 0 bridgehead atoms. The molecule has 0 radical (unpaired) electrons. The van der Waals surface area contributed by atoms with Crippen LogP contribution in [0.1, 0.15) is 82.9 Å². The van der Waals surface area contributed by atoms with Crippen molar-refractivity contribution >= 4 is 6.08 Å². The number of hydrogen-bond donors (Lipinski definition) is 0. The van der Waals surface area contributed by atoms with E-state index in [1.807, 2.05) is 0 Å². The molecule has 142 valence electrons. The van der Waals surface area contributed by atoms with Gasteiger partial charge in [0.1, 0.15) is 0 Å². The van der Waals surface area contributed by atoms with E-state index in [0.717, 1.165) is 6.42 Å². The molecule has 0 amide bonds. The van der Waals surface area contributed by atoms with E-state index in [1.54, 1.807) is 5.57 Å². The van der Waals surface area contributed by atoms with Crippen LogP contribution in [0, 0.1) is 5.41 Å². The van der Waals surface area contributed by atoms with Gasteiger partial charge < -0.3 is 0 Å². The van der Waals surface area contributed by atoms with E-state index >= 15 is 0 Å². The summed E-state index contributed by atoms with van der Waals surface area (Å²) in [6.45, 7) is 9.36. The van der Waals surface area contributed by atoms with E-state index in [0.29, 0.717) is 5.41 Å². The lowest BCUT2D eigenvalue weighted by molar-refractivity contribution is 0.281. The Hall–Kier alpha value is -1.82. The average Bonchev–Trinajstić information content (AvgIpc) is 3.27. The standard InChI is InChI=1S/C27H34/c1-5-27(15-8-9-16-27)19-20-17-21-11-10-13-22(24(21)18-20)23-12-6-7-14-25(23)26(2,3)4/h6-7,10-14,18H,5,8-9,15-17,19H2,1-4H3. The van der Waals surface area contributed by atoms with Gasteiger partial charge in [-0.1, -0.05) is 101 Å². The Morgan fingerprint density at radius 1 is 0.889 bits per heavy atom. The van der Waals surface area contributed by atoms with Gasteiger partial charge >= 0.3 is 0 Å². The Morgan fingerprint density at radius 3 is 2.30 bits per heavy atom. The summed E-state index contributed by atoms with van der Waals surface area (Å²) in [4.78, 5) is 0. The van der Waals surface area contributed by atoms with E-state index in [9.17, 15) is 0 Å². The molecule has 0 nitrogen and oxygen atoms in total. The fourth-order valence-corrected chi connectivity index (χ4v) is 5.42. The monoisotopic (exact) mass is 358 g/mol. The molecule has 0 atom stereocenters. The Morgan fingerprint density at radius 2 is 1.59 bits per heavy atom. The average molecular weight is 359 g/mol. The maximum Gasteiger partial charge on any atom is -0.00574 e. The van der Waals surface area contributed by atoms with E-state index in [4.69, 9.17) is 0 Å². The molecule has 0 unspecified atom stereocenters. The van der Waals surface area contributed by atoms with Crippen molar-refractivity contribution in [2.75, 3.05) is 0 Å². The first-order valence-corrected chi connectivity index (χ1v) is 10.8. The second kappa shape index (κ2) is 6.97. The first kappa shape index (κ1) is 18.5. The van der Waals surface area contributed by atoms with Crippen LogP contribution in [0.4, 0.5) is 0 Å². The van der Waals surface area contributed by atoms with Crippen LogP contribution in [-0.4, -0.2) is 0 Å². The van der Waals surface area contributed by atoms with E-state index in [1.165, 1.54) is 66.3 Å². The second-order valence-corrected chi connectivity index (χ2v) is 9.89. The van der Waals surface area contributed by atoms with E-state index in [2.05, 4.69) is 76.2 Å². The first-order chi connectivity index (χ1) is 12.9. The number of fused-ring (bicyclic) bond motifs is 1. The summed E-state index contributed by atoms with van der Waals surface area (Å²) < 4.78 is 0. The third kappa shape index (κ3) is 3.51. The van der Waals surface area contributed by atoms with Gasteiger partial charge in [0.2, 0.25) is 0 Å². The Bertz CT molecular complexity index is 854. The topological polar surface area (TPSA) is 0 Å². The minimum Gasteiger partial charge on any atom is -0.0648 e. The van der Waals surface area contributed by atoms with Crippen LogP contribution in [-0.2, 0) is 11.8 Å². The molecule has 0 saturated heterocycles. The van der Waals surface area contributed by atoms with Crippen molar-refractivity contribution in [3.8, 4) is 11.1 Å². The molecule has 27 heavy (non-hydrogen) atoms. The van der Waals surface area contributed by atoms with Gasteiger partial charge in [0.05, 0.1) is 0 Å². The summed E-state index contributed by atoms with van der Waals surface area (Å²) in [5.41, 5.74) is 9.67. The number of hydrogen-bond acceptors (Lipinski definition) is 0. The summed E-state index contributed by atoms with van der Waals surface area (Å²) in [6.07, 6.45) is 12.0. The van der Waals surface area contributed by atoms with Gasteiger partial charge in [-0.05, 0) is 64.3 Å². The van der Waals surface area contributed by atoms with Crippen LogP contribution in [0.2, 0.25) is 0 Å². The smallest absolute Gasteiger partial charge is 0.00574 e. The molecule has 0 heteroatoms. The number of rotatable bonds is 4. The van der Waals surface area contributed by atoms with Crippen molar-refractivity contribution in [1.82, 2.24) is 0 Å². The van der Waals surface area contributed by atoms with Crippen LogP contribution in [0.25, 0.3) is 17.2 Å². The van der Waals surface area contributed by atoms with E-state index < -0.39 is 0 Å². The third-order valence-electron chi connectivity index (χ3n) is 7.00. The fraction of sp³-hybridized carbons (Fsp3) is 0.481. The zero-order valence-corrected chi connectivity index (χ0v) is 17.6. The molecule has 0 N–H and O–H groups in total. The fourth-order valence-electron chi connectivity index (χ4n) is 5.42. The van der Waals surface area contributed by atoms with Gasteiger partial charge in [0.15, 0.2) is 0 Å². The summed E-state index contributed by atoms with van der Waals surface area (Å²) in [7, 11) is 0. The molecule has 1 saturated carbocycles. The van der Waals surface area contributed by atoms with Gasteiger partial charge in [-0.2, -0.15) is 0 Å². The SMILES string of the molecule is CCC1(CC2=Cc3c(cccc3-c3ccccc3C(C)(C)C)C2)CCCC1. The molecule has 2 aliphatic rings. The maximum atomic E-state index is 2.54. The van der Waals surface area contributed by atoms with Gasteiger partial charge in [-0.25, -0.2) is 0 Å². The first-order valence-electron chi connectivity index (χ1n) is 10.8. The van der Waals surface area contributed by atoms with E-state index in [-0.39, 0.29) is 5.41 Å². The maximum absolute atomic E-state index is 2.54. The lowest BCUT2D eigenvalue weighted by atomic mass is 9.77. The van der Waals surface area contributed by atoms with Crippen LogP contribution < -0.4 is 0 Å². The second-order valence-electron chi connectivity index (χ2n) is 9.89. The highest BCUT2D eigenvalue weighted by molar-refractivity contribution is 5.82. The molecule has 2 aromatic rings. The van der Waals surface area contributed by atoms with Crippen LogP contribution in [0.15, 0.2) is 48.0 Å². The predicted molar refractivity (Wildman–Crippen MR) is 118 cm³/mol. The highest BCUT2D eigenvalue weighted by Crippen LogP contribution is 2.48. The van der Waals surface area contributed by atoms with Crippen molar-refractivity contribution < 1.29 is 0 Å². The van der Waals surface area contributed by atoms with Gasteiger partial charge in [-0.15, -0.1) is 0 Å². The molecule has 4 rings (SSSR count). The Kier molecular flexibility index (Phi) is 4.78. The molecule has 0 heterocycles. The molecular formula is C27H34. The van der Waals surface area contributed by atoms with Crippen LogP contribution >= 0.6 is 0 Å². The molecule has 0 aliphatic heterocycles. The van der Waals surface area contributed by atoms with Gasteiger partial charge in [0.25, 0.3) is 0 Å². The molecule has 2 aromatic carbocycles. The highest BCUT2D eigenvalue weighted by atomic mass is 14.4. The lowest BCUT2D eigenvalue weighted by Crippen LogP contribution is -2.15. The van der Waals surface area contributed by atoms with Crippen LogP contribution in [0.3, 0.4) is 0 Å². The van der Waals surface area contributed by atoms with Gasteiger partial charge in [-0.3, -0.25) is 0 Å².